The summed E-state index contributed by atoms with van der Waals surface area (Å²) < 4.78 is 0.809. The fourth-order valence-electron chi connectivity index (χ4n) is 1.77. The van der Waals surface area contributed by atoms with Gasteiger partial charge in [-0.15, -0.1) is 0 Å². The van der Waals surface area contributed by atoms with E-state index in [0.717, 1.165) is 35.4 Å². The third-order valence-electron chi connectivity index (χ3n) is 2.92. The summed E-state index contributed by atoms with van der Waals surface area (Å²) in [5, 5.41) is 6.25. The van der Waals surface area contributed by atoms with Gasteiger partial charge in [-0.2, -0.15) is 11.8 Å². The standard InChI is InChI=1S/C15H24BrN3OS/c1-4-7-17-14-13(9-12(16)10-18-14)15(20)19-11(3)6-8-21-5-2/h9-11H,4-8H2,1-3H3,(H,17,18)(H,19,20). The van der Waals surface area contributed by atoms with Gasteiger partial charge in [-0.1, -0.05) is 13.8 Å². The molecule has 2 N–H and O–H groups in total. The number of carbonyl (C=O) groups excluding carboxylic acids is 1. The highest BCUT2D eigenvalue weighted by Gasteiger charge is 2.15. The minimum atomic E-state index is -0.0728. The van der Waals surface area contributed by atoms with Gasteiger partial charge in [0.05, 0.1) is 5.56 Å². The van der Waals surface area contributed by atoms with Gasteiger partial charge >= 0.3 is 0 Å². The monoisotopic (exact) mass is 373 g/mol. The number of nitrogens with zero attached hydrogens (tertiary/aromatic N) is 1. The van der Waals surface area contributed by atoms with Crippen LogP contribution in [0.5, 0.6) is 0 Å². The van der Waals surface area contributed by atoms with Crippen molar-refractivity contribution in [1.29, 1.82) is 0 Å². The molecule has 0 aromatic carbocycles. The van der Waals surface area contributed by atoms with E-state index >= 15 is 0 Å². The van der Waals surface area contributed by atoms with Crippen molar-refractivity contribution >= 4 is 39.4 Å². The first-order valence-corrected chi connectivity index (χ1v) is 9.31. The van der Waals surface area contributed by atoms with Crippen LogP contribution in [-0.4, -0.2) is 35.0 Å². The van der Waals surface area contributed by atoms with Gasteiger partial charge in [0.2, 0.25) is 0 Å². The molecule has 1 heterocycles. The van der Waals surface area contributed by atoms with E-state index in [1.165, 1.54) is 0 Å². The zero-order chi connectivity index (χ0) is 15.7. The molecular formula is C15H24BrN3OS. The molecule has 1 aromatic rings. The number of thioether (sulfide) groups is 1. The van der Waals surface area contributed by atoms with Crippen LogP contribution in [0.15, 0.2) is 16.7 Å². The second kappa shape index (κ2) is 10.1. The van der Waals surface area contributed by atoms with Gasteiger partial charge in [-0.3, -0.25) is 4.79 Å². The molecule has 118 valence electrons. The summed E-state index contributed by atoms with van der Waals surface area (Å²) in [7, 11) is 0. The van der Waals surface area contributed by atoms with Crippen molar-refractivity contribution in [3.63, 3.8) is 0 Å². The van der Waals surface area contributed by atoms with Gasteiger partial charge in [0.1, 0.15) is 5.82 Å². The van der Waals surface area contributed by atoms with E-state index in [1.807, 2.05) is 24.8 Å². The Labute approximate surface area is 140 Å². The first-order chi connectivity index (χ1) is 10.1. The molecule has 0 radical (unpaired) electrons. The molecule has 0 fully saturated rings. The third-order valence-corrected chi connectivity index (χ3v) is 4.28. The molecule has 1 rings (SSSR count). The van der Waals surface area contributed by atoms with Crippen molar-refractivity contribution in [1.82, 2.24) is 10.3 Å². The second-order valence-corrected chi connectivity index (χ2v) is 7.15. The Kier molecular flexibility index (Phi) is 8.76. The van der Waals surface area contributed by atoms with Crippen LogP contribution in [0.1, 0.15) is 44.0 Å². The predicted octanol–water partition coefficient (Wildman–Crippen LogP) is 3.93. The van der Waals surface area contributed by atoms with Gasteiger partial charge in [-0.25, -0.2) is 4.98 Å². The average Bonchev–Trinajstić information content (AvgIpc) is 2.46. The minimum Gasteiger partial charge on any atom is -0.369 e. The number of rotatable bonds is 9. The number of nitrogens with one attached hydrogen (secondary N) is 2. The Morgan fingerprint density at radius 3 is 2.90 bits per heavy atom. The lowest BCUT2D eigenvalue weighted by atomic mass is 10.2. The summed E-state index contributed by atoms with van der Waals surface area (Å²) in [5.74, 6) is 2.75. The molecule has 21 heavy (non-hydrogen) atoms. The highest BCUT2D eigenvalue weighted by atomic mass is 79.9. The van der Waals surface area contributed by atoms with Crippen LogP contribution in [0.4, 0.5) is 5.82 Å². The first kappa shape index (κ1) is 18.3. The minimum absolute atomic E-state index is 0.0728. The summed E-state index contributed by atoms with van der Waals surface area (Å²) in [6.07, 6.45) is 3.67. The lowest BCUT2D eigenvalue weighted by Crippen LogP contribution is -2.33. The number of amides is 1. The molecule has 1 atom stereocenters. The maximum absolute atomic E-state index is 12.4. The predicted molar refractivity (Wildman–Crippen MR) is 95.3 cm³/mol. The lowest BCUT2D eigenvalue weighted by Gasteiger charge is -2.16. The molecule has 0 aliphatic rings. The molecule has 0 aliphatic heterocycles. The van der Waals surface area contributed by atoms with Gasteiger partial charge in [0.15, 0.2) is 0 Å². The molecule has 6 heteroatoms. The van der Waals surface area contributed by atoms with E-state index in [9.17, 15) is 4.79 Å². The molecule has 0 saturated carbocycles. The van der Waals surface area contributed by atoms with Crippen LogP contribution < -0.4 is 10.6 Å². The number of halogens is 1. The maximum atomic E-state index is 12.4. The molecule has 0 saturated heterocycles. The topological polar surface area (TPSA) is 54.0 Å². The van der Waals surface area contributed by atoms with Gasteiger partial charge in [0, 0.05) is 23.3 Å². The van der Waals surface area contributed by atoms with Crippen LogP contribution in [0.2, 0.25) is 0 Å². The van der Waals surface area contributed by atoms with E-state index in [1.54, 1.807) is 6.20 Å². The average molecular weight is 374 g/mol. The number of aromatic nitrogens is 1. The number of hydrogen-bond acceptors (Lipinski definition) is 4. The fraction of sp³-hybridized carbons (Fsp3) is 0.600. The van der Waals surface area contributed by atoms with Crippen molar-refractivity contribution in [2.75, 3.05) is 23.4 Å². The number of anilines is 1. The van der Waals surface area contributed by atoms with E-state index in [0.29, 0.717) is 11.4 Å². The Bertz CT molecular complexity index is 457. The highest BCUT2D eigenvalue weighted by Crippen LogP contribution is 2.18. The summed E-state index contributed by atoms with van der Waals surface area (Å²) in [5.41, 5.74) is 0.591. The van der Waals surface area contributed by atoms with Crippen LogP contribution in [0, 0.1) is 0 Å². The van der Waals surface area contributed by atoms with E-state index in [-0.39, 0.29) is 11.9 Å². The van der Waals surface area contributed by atoms with Gasteiger partial charge < -0.3 is 10.6 Å². The molecule has 1 aromatic heterocycles. The van der Waals surface area contributed by atoms with Crippen molar-refractivity contribution in [3.05, 3.63) is 22.3 Å². The van der Waals surface area contributed by atoms with E-state index in [4.69, 9.17) is 0 Å². The molecule has 1 unspecified atom stereocenters. The quantitative estimate of drug-likeness (QED) is 0.643. The van der Waals surface area contributed by atoms with Crippen LogP contribution >= 0.6 is 27.7 Å². The summed E-state index contributed by atoms with van der Waals surface area (Å²) in [4.78, 5) is 16.7. The maximum Gasteiger partial charge on any atom is 0.255 e. The summed E-state index contributed by atoms with van der Waals surface area (Å²) in [6.45, 7) is 7.07. The Morgan fingerprint density at radius 1 is 1.48 bits per heavy atom. The molecular weight excluding hydrogens is 350 g/mol. The lowest BCUT2D eigenvalue weighted by molar-refractivity contribution is 0.0940. The van der Waals surface area contributed by atoms with Crippen LogP contribution in [0.25, 0.3) is 0 Å². The van der Waals surface area contributed by atoms with Gasteiger partial charge in [-0.05, 0) is 53.3 Å². The van der Waals surface area contributed by atoms with Crippen LogP contribution in [0.3, 0.4) is 0 Å². The normalized spacial score (nSPS) is 12.0. The Hall–Kier alpha value is -0.750. The third kappa shape index (κ3) is 6.70. The number of pyridine rings is 1. The van der Waals surface area contributed by atoms with Crippen LogP contribution in [-0.2, 0) is 0 Å². The van der Waals surface area contributed by atoms with E-state index in [2.05, 4.69) is 45.4 Å². The molecule has 0 aliphatic carbocycles. The van der Waals surface area contributed by atoms with Crippen molar-refractivity contribution in [3.8, 4) is 0 Å². The largest absolute Gasteiger partial charge is 0.369 e. The number of carbonyl (C=O) groups is 1. The smallest absolute Gasteiger partial charge is 0.255 e. The molecule has 0 spiro atoms. The van der Waals surface area contributed by atoms with Crippen molar-refractivity contribution < 1.29 is 4.79 Å². The Balaban J connectivity index is 2.69. The van der Waals surface area contributed by atoms with E-state index < -0.39 is 0 Å². The summed E-state index contributed by atoms with van der Waals surface area (Å²) >= 11 is 5.27. The fourth-order valence-corrected chi connectivity index (χ4v) is 2.91. The molecule has 4 nitrogen and oxygen atoms in total. The zero-order valence-corrected chi connectivity index (χ0v) is 15.3. The summed E-state index contributed by atoms with van der Waals surface area (Å²) in [6, 6.07) is 1.97. The first-order valence-electron chi connectivity index (χ1n) is 7.36. The van der Waals surface area contributed by atoms with Gasteiger partial charge in [0.25, 0.3) is 5.91 Å². The molecule has 0 bridgehead atoms. The second-order valence-electron chi connectivity index (χ2n) is 4.84. The number of hydrogen-bond donors (Lipinski definition) is 2. The van der Waals surface area contributed by atoms with Crippen molar-refractivity contribution in [2.24, 2.45) is 0 Å². The molecule has 1 amide bonds. The Morgan fingerprint density at radius 2 is 2.24 bits per heavy atom. The highest BCUT2D eigenvalue weighted by molar-refractivity contribution is 9.10. The zero-order valence-electron chi connectivity index (χ0n) is 12.9. The SMILES string of the molecule is CCCNc1ncc(Br)cc1C(=O)NC(C)CCSCC. The van der Waals surface area contributed by atoms with Crippen molar-refractivity contribution in [2.45, 2.75) is 39.7 Å².